The van der Waals surface area contributed by atoms with Gasteiger partial charge in [-0.3, -0.25) is 0 Å². The first-order valence-electron chi connectivity index (χ1n) is 5.71. The summed E-state index contributed by atoms with van der Waals surface area (Å²) in [5.74, 6) is 0. The minimum absolute atomic E-state index is 0.505. The first kappa shape index (κ1) is 12.9. The first-order chi connectivity index (χ1) is 8.04. The fraction of sp³-hybridized carbons (Fsp3) is 0.583. The normalized spacial score (nSPS) is 28.7. The Balaban J connectivity index is 2.00. The van der Waals surface area contributed by atoms with Crippen molar-refractivity contribution in [3.63, 3.8) is 0 Å². The molecular formula is C12H16BrN3S. The third-order valence-corrected chi connectivity index (χ3v) is 5.30. The van der Waals surface area contributed by atoms with Crippen LogP contribution in [-0.2, 0) is 0 Å². The van der Waals surface area contributed by atoms with Crippen LogP contribution in [0.5, 0.6) is 0 Å². The summed E-state index contributed by atoms with van der Waals surface area (Å²) in [6, 6.07) is 4.88. The van der Waals surface area contributed by atoms with Crippen LogP contribution in [0.1, 0.15) is 25.7 Å². The summed E-state index contributed by atoms with van der Waals surface area (Å²) in [5, 5.41) is 12.4. The molecule has 1 aliphatic rings. The summed E-state index contributed by atoms with van der Waals surface area (Å²) in [7, 11) is 2.12. The van der Waals surface area contributed by atoms with E-state index in [-0.39, 0.29) is 0 Å². The number of rotatable bonds is 2. The van der Waals surface area contributed by atoms with Gasteiger partial charge in [0.1, 0.15) is 5.54 Å². The molecule has 92 valence electrons. The number of nitrogens with two attached hydrogens (primary N) is 1. The fourth-order valence-electron chi connectivity index (χ4n) is 2.28. The number of nitriles is 1. The van der Waals surface area contributed by atoms with Gasteiger partial charge in [0.05, 0.1) is 11.1 Å². The van der Waals surface area contributed by atoms with Crippen LogP contribution in [0, 0.1) is 11.3 Å². The number of hydrogen-bond donors (Lipinski definition) is 1. The molecule has 0 atom stereocenters. The van der Waals surface area contributed by atoms with E-state index < -0.39 is 5.54 Å². The number of thiophene rings is 1. The van der Waals surface area contributed by atoms with Crippen molar-refractivity contribution in [2.24, 2.45) is 5.73 Å². The molecule has 5 heteroatoms. The van der Waals surface area contributed by atoms with Crippen LogP contribution in [0.25, 0.3) is 0 Å². The average Bonchev–Trinajstić information content (AvgIpc) is 2.76. The highest BCUT2D eigenvalue weighted by atomic mass is 79.9. The van der Waals surface area contributed by atoms with E-state index in [1.807, 2.05) is 0 Å². The predicted molar refractivity (Wildman–Crippen MR) is 75.2 cm³/mol. The highest BCUT2D eigenvalue weighted by molar-refractivity contribution is 9.10. The highest BCUT2D eigenvalue weighted by Crippen LogP contribution is 2.34. The van der Waals surface area contributed by atoms with Gasteiger partial charge in [0, 0.05) is 22.9 Å². The number of hydrogen-bond acceptors (Lipinski definition) is 4. The maximum Gasteiger partial charge on any atom is 0.104 e. The largest absolute Gasteiger partial charge is 0.363 e. The van der Waals surface area contributed by atoms with Crippen molar-refractivity contribution in [3.8, 4) is 6.07 Å². The maximum atomic E-state index is 9.00. The molecule has 1 aromatic rings. The minimum Gasteiger partial charge on any atom is -0.363 e. The van der Waals surface area contributed by atoms with Crippen LogP contribution in [0.2, 0.25) is 0 Å². The van der Waals surface area contributed by atoms with Gasteiger partial charge in [-0.1, -0.05) is 0 Å². The van der Waals surface area contributed by atoms with Crippen molar-refractivity contribution in [1.82, 2.24) is 0 Å². The van der Waals surface area contributed by atoms with Crippen LogP contribution in [0.3, 0.4) is 0 Å². The maximum absolute atomic E-state index is 9.00. The molecule has 0 unspecified atom stereocenters. The van der Waals surface area contributed by atoms with Gasteiger partial charge in [-0.2, -0.15) is 5.26 Å². The van der Waals surface area contributed by atoms with Crippen LogP contribution >= 0.6 is 27.3 Å². The summed E-state index contributed by atoms with van der Waals surface area (Å²) >= 11 is 5.21. The second-order valence-corrected chi connectivity index (χ2v) is 6.52. The van der Waals surface area contributed by atoms with Gasteiger partial charge >= 0.3 is 0 Å². The molecule has 0 amide bonds. The zero-order valence-corrected chi connectivity index (χ0v) is 12.2. The van der Waals surface area contributed by atoms with Gasteiger partial charge in [0.25, 0.3) is 0 Å². The number of halogens is 1. The molecular weight excluding hydrogens is 298 g/mol. The zero-order valence-electron chi connectivity index (χ0n) is 9.82. The molecule has 0 bridgehead atoms. The summed E-state index contributed by atoms with van der Waals surface area (Å²) < 4.78 is 1.13. The molecule has 0 aliphatic heterocycles. The standard InChI is InChI=1S/C12H16BrN3S/c1-16(11-6-9(13)7-17-11)10-2-4-12(15,8-14)5-3-10/h6-7,10H,2-5,15H2,1H3. The highest BCUT2D eigenvalue weighted by Gasteiger charge is 2.33. The van der Waals surface area contributed by atoms with E-state index in [1.54, 1.807) is 11.3 Å². The summed E-state index contributed by atoms with van der Waals surface area (Å²) in [5.41, 5.74) is 5.39. The molecule has 17 heavy (non-hydrogen) atoms. The SMILES string of the molecule is CN(c1cc(Br)cs1)C1CCC(N)(C#N)CC1. The Labute approximate surface area is 114 Å². The van der Waals surface area contributed by atoms with Gasteiger partial charge < -0.3 is 10.6 Å². The average molecular weight is 314 g/mol. The van der Waals surface area contributed by atoms with E-state index in [0.717, 1.165) is 30.2 Å². The van der Waals surface area contributed by atoms with E-state index in [2.05, 4.69) is 45.4 Å². The third-order valence-electron chi connectivity index (χ3n) is 3.52. The Kier molecular flexibility index (Phi) is 3.76. The Morgan fingerprint density at radius 3 is 2.71 bits per heavy atom. The lowest BCUT2D eigenvalue weighted by Gasteiger charge is -2.37. The van der Waals surface area contributed by atoms with Gasteiger partial charge in [-0.25, -0.2) is 0 Å². The van der Waals surface area contributed by atoms with E-state index in [0.29, 0.717) is 6.04 Å². The second-order valence-electron chi connectivity index (χ2n) is 4.71. The Hall–Kier alpha value is -0.570. The fourth-order valence-corrected chi connectivity index (χ4v) is 3.74. The summed E-state index contributed by atoms with van der Waals surface area (Å²) in [6.45, 7) is 0. The lowest BCUT2D eigenvalue weighted by Crippen LogP contribution is -2.46. The van der Waals surface area contributed by atoms with Gasteiger partial charge in [-0.05, 0) is 47.7 Å². The van der Waals surface area contributed by atoms with Crippen molar-refractivity contribution >= 4 is 32.3 Å². The van der Waals surface area contributed by atoms with Crippen LogP contribution < -0.4 is 10.6 Å². The molecule has 0 aromatic carbocycles. The Bertz CT molecular complexity index is 429. The molecule has 0 radical (unpaired) electrons. The van der Waals surface area contributed by atoms with Crippen molar-refractivity contribution in [3.05, 3.63) is 15.9 Å². The molecule has 1 saturated carbocycles. The monoisotopic (exact) mass is 313 g/mol. The van der Waals surface area contributed by atoms with Crippen LogP contribution in [0.4, 0.5) is 5.00 Å². The van der Waals surface area contributed by atoms with Crippen LogP contribution in [0.15, 0.2) is 15.9 Å². The van der Waals surface area contributed by atoms with E-state index in [1.165, 1.54) is 5.00 Å². The second kappa shape index (κ2) is 4.97. The number of nitrogens with zero attached hydrogens (tertiary/aromatic N) is 2. The molecule has 3 nitrogen and oxygen atoms in total. The zero-order chi connectivity index (χ0) is 12.5. The molecule has 1 aromatic heterocycles. The molecule has 1 fully saturated rings. The molecule has 0 saturated heterocycles. The van der Waals surface area contributed by atoms with Crippen molar-refractivity contribution in [2.45, 2.75) is 37.3 Å². The first-order valence-corrected chi connectivity index (χ1v) is 7.38. The predicted octanol–water partition coefficient (Wildman–Crippen LogP) is 3.11. The third kappa shape index (κ3) is 2.82. The molecule has 2 rings (SSSR count). The van der Waals surface area contributed by atoms with Crippen molar-refractivity contribution in [2.75, 3.05) is 11.9 Å². The lowest BCUT2D eigenvalue weighted by molar-refractivity contribution is 0.328. The Morgan fingerprint density at radius 1 is 1.59 bits per heavy atom. The van der Waals surface area contributed by atoms with Gasteiger partial charge in [0.15, 0.2) is 0 Å². The summed E-state index contributed by atoms with van der Waals surface area (Å²) in [4.78, 5) is 2.31. The van der Waals surface area contributed by atoms with E-state index in [4.69, 9.17) is 11.0 Å². The molecule has 1 aliphatic carbocycles. The topological polar surface area (TPSA) is 53.0 Å². The van der Waals surface area contributed by atoms with E-state index in [9.17, 15) is 0 Å². The molecule has 2 N–H and O–H groups in total. The van der Waals surface area contributed by atoms with Gasteiger partial charge in [-0.15, -0.1) is 11.3 Å². The van der Waals surface area contributed by atoms with E-state index >= 15 is 0 Å². The molecule has 0 spiro atoms. The number of anilines is 1. The lowest BCUT2D eigenvalue weighted by atomic mass is 9.81. The smallest absolute Gasteiger partial charge is 0.104 e. The quantitative estimate of drug-likeness (QED) is 0.912. The minimum atomic E-state index is -0.590. The van der Waals surface area contributed by atoms with Crippen LogP contribution in [-0.4, -0.2) is 18.6 Å². The van der Waals surface area contributed by atoms with Gasteiger partial charge in [0.2, 0.25) is 0 Å². The Morgan fingerprint density at radius 2 is 2.24 bits per heavy atom. The van der Waals surface area contributed by atoms with Crippen molar-refractivity contribution in [1.29, 1.82) is 5.26 Å². The summed E-state index contributed by atoms with van der Waals surface area (Å²) in [6.07, 6.45) is 3.59. The van der Waals surface area contributed by atoms with Crippen molar-refractivity contribution < 1.29 is 0 Å². The molecule has 1 heterocycles.